The summed E-state index contributed by atoms with van der Waals surface area (Å²) in [6.45, 7) is 6.46. The molecule has 0 radical (unpaired) electrons. The molecule has 12 heteroatoms. The standard InChI is InChI=1S/C30H28F3N7O2/c1-30(2,3)13-17(14-34)29(41)39-11-5-6-18(39)15-40-28-24(27(35)36-16-37-28)26(38-40)20-10-9-19(12-22(20)32)42-23-8-4-7-21(31)25(23)33/h4,7-10,12-13,16,18H,5-6,11,15H2,1-3H3,(H2,35,36,37)/b17-13+. The van der Waals surface area contributed by atoms with E-state index in [1.165, 1.54) is 30.6 Å². The number of nitrogen functional groups attached to an aromatic ring is 1. The molecule has 1 unspecified atom stereocenters. The van der Waals surface area contributed by atoms with Gasteiger partial charge < -0.3 is 15.4 Å². The van der Waals surface area contributed by atoms with Gasteiger partial charge in [0.2, 0.25) is 5.82 Å². The van der Waals surface area contributed by atoms with Gasteiger partial charge in [0.15, 0.2) is 17.2 Å². The van der Waals surface area contributed by atoms with Crippen LogP contribution < -0.4 is 10.5 Å². The van der Waals surface area contributed by atoms with Crippen molar-refractivity contribution in [3.05, 3.63) is 71.8 Å². The lowest BCUT2D eigenvalue weighted by Crippen LogP contribution is -2.39. The Morgan fingerprint density at radius 1 is 1.19 bits per heavy atom. The normalized spacial score (nSPS) is 15.7. The maximum absolute atomic E-state index is 15.5. The maximum atomic E-state index is 15.5. The molecular weight excluding hydrogens is 547 g/mol. The van der Waals surface area contributed by atoms with Crippen molar-refractivity contribution in [2.75, 3.05) is 12.3 Å². The topological polar surface area (TPSA) is 123 Å². The number of fused-ring (bicyclic) bond motifs is 1. The van der Waals surface area contributed by atoms with E-state index in [2.05, 4.69) is 15.1 Å². The van der Waals surface area contributed by atoms with Gasteiger partial charge in [-0.15, -0.1) is 0 Å². The van der Waals surface area contributed by atoms with Crippen molar-refractivity contribution in [2.24, 2.45) is 5.41 Å². The Bertz CT molecular complexity index is 1750. The summed E-state index contributed by atoms with van der Waals surface area (Å²) in [6.07, 6.45) is 4.36. The Labute approximate surface area is 240 Å². The SMILES string of the molecule is CC(C)(C)/C=C(\C#N)C(=O)N1CCCC1Cn1nc(-c2ccc(Oc3cccc(F)c3F)cc2F)c2c(N)ncnc21. The Morgan fingerprint density at radius 2 is 1.98 bits per heavy atom. The van der Waals surface area contributed by atoms with Crippen molar-refractivity contribution < 1.29 is 22.7 Å². The number of benzene rings is 2. The van der Waals surface area contributed by atoms with E-state index in [1.54, 1.807) is 15.7 Å². The second kappa shape index (κ2) is 11.2. The van der Waals surface area contributed by atoms with E-state index in [9.17, 15) is 18.8 Å². The minimum absolute atomic E-state index is 0.0505. The molecule has 0 spiro atoms. The minimum Gasteiger partial charge on any atom is -0.454 e. The summed E-state index contributed by atoms with van der Waals surface area (Å²) in [7, 11) is 0. The number of allylic oxidation sites excluding steroid dienone is 1. The van der Waals surface area contributed by atoms with E-state index >= 15 is 4.39 Å². The third-order valence-electron chi connectivity index (χ3n) is 6.85. The number of rotatable bonds is 6. The van der Waals surface area contributed by atoms with E-state index in [-0.39, 0.29) is 58.1 Å². The summed E-state index contributed by atoms with van der Waals surface area (Å²) in [4.78, 5) is 23.4. The van der Waals surface area contributed by atoms with Crippen molar-refractivity contribution in [2.45, 2.75) is 46.2 Å². The summed E-state index contributed by atoms with van der Waals surface area (Å²) in [5.74, 6) is -3.73. The number of nitrogens with zero attached hydrogens (tertiary/aromatic N) is 6. The first-order valence-corrected chi connectivity index (χ1v) is 13.3. The van der Waals surface area contributed by atoms with Gasteiger partial charge in [0.25, 0.3) is 5.91 Å². The Hall–Kier alpha value is -4.92. The average molecular weight is 576 g/mol. The first-order valence-electron chi connectivity index (χ1n) is 13.3. The number of carbonyl (C=O) groups excluding carboxylic acids is 1. The number of nitrogens with two attached hydrogens (primary N) is 1. The van der Waals surface area contributed by atoms with Crippen LogP contribution >= 0.6 is 0 Å². The van der Waals surface area contributed by atoms with Crippen LogP contribution in [0.3, 0.4) is 0 Å². The Morgan fingerprint density at radius 3 is 2.69 bits per heavy atom. The highest BCUT2D eigenvalue weighted by Crippen LogP contribution is 2.35. The predicted molar refractivity (Wildman–Crippen MR) is 149 cm³/mol. The lowest BCUT2D eigenvalue weighted by atomic mass is 9.93. The highest BCUT2D eigenvalue weighted by Gasteiger charge is 2.33. The molecule has 5 rings (SSSR count). The van der Waals surface area contributed by atoms with Gasteiger partial charge in [0, 0.05) is 18.2 Å². The number of halogens is 3. The molecule has 0 saturated carbocycles. The van der Waals surface area contributed by atoms with Gasteiger partial charge in [-0.1, -0.05) is 32.9 Å². The summed E-state index contributed by atoms with van der Waals surface area (Å²) in [5, 5.41) is 14.6. The fraction of sp³-hybridized carbons (Fsp3) is 0.300. The molecule has 3 heterocycles. The van der Waals surface area contributed by atoms with Crippen LogP contribution in [-0.2, 0) is 11.3 Å². The highest BCUT2D eigenvalue weighted by atomic mass is 19.2. The molecule has 1 atom stereocenters. The van der Waals surface area contributed by atoms with Crippen LogP contribution in [0, 0.1) is 34.2 Å². The first-order chi connectivity index (χ1) is 20.0. The number of ether oxygens (including phenoxy) is 1. The average Bonchev–Trinajstić information content (AvgIpc) is 3.55. The van der Waals surface area contributed by atoms with E-state index < -0.39 is 17.5 Å². The molecule has 1 saturated heterocycles. The van der Waals surface area contributed by atoms with Crippen molar-refractivity contribution in [3.63, 3.8) is 0 Å². The second-order valence-electron chi connectivity index (χ2n) is 11.1. The van der Waals surface area contributed by atoms with Crippen LogP contribution in [0.15, 0.2) is 54.4 Å². The summed E-state index contributed by atoms with van der Waals surface area (Å²) >= 11 is 0. The number of hydrogen-bond donors (Lipinski definition) is 1. The van der Waals surface area contributed by atoms with Crippen molar-refractivity contribution in [1.29, 1.82) is 5.26 Å². The monoisotopic (exact) mass is 575 g/mol. The summed E-state index contributed by atoms with van der Waals surface area (Å²) in [5.41, 5.74) is 6.49. The quantitative estimate of drug-likeness (QED) is 0.229. The highest BCUT2D eigenvalue weighted by molar-refractivity contribution is 5.99. The molecule has 0 aliphatic carbocycles. The number of carbonyl (C=O) groups is 1. The molecule has 4 aromatic rings. The van der Waals surface area contributed by atoms with Gasteiger partial charge in [-0.2, -0.15) is 14.8 Å². The lowest BCUT2D eigenvalue weighted by molar-refractivity contribution is -0.127. The van der Waals surface area contributed by atoms with Crippen LogP contribution in [-0.4, -0.2) is 43.1 Å². The van der Waals surface area contributed by atoms with E-state index in [0.717, 1.165) is 18.6 Å². The van der Waals surface area contributed by atoms with Crippen LogP contribution in [0.1, 0.15) is 33.6 Å². The molecule has 1 aliphatic rings. The molecule has 1 amide bonds. The zero-order valence-electron chi connectivity index (χ0n) is 23.2. The second-order valence-corrected chi connectivity index (χ2v) is 11.1. The molecule has 0 bridgehead atoms. The van der Waals surface area contributed by atoms with Crippen molar-refractivity contribution in [3.8, 4) is 28.8 Å². The number of likely N-dealkylation sites (tertiary alicyclic amines) is 1. The Kier molecular flexibility index (Phi) is 7.60. The van der Waals surface area contributed by atoms with Gasteiger partial charge in [-0.3, -0.25) is 4.79 Å². The summed E-state index contributed by atoms with van der Waals surface area (Å²) in [6, 6.07) is 9.03. The molecule has 9 nitrogen and oxygen atoms in total. The minimum atomic E-state index is -1.19. The van der Waals surface area contributed by atoms with Crippen LogP contribution in [0.5, 0.6) is 11.5 Å². The fourth-order valence-corrected chi connectivity index (χ4v) is 5.01. The Balaban J connectivity index is 1.48. The van der Waals surface area contributed by atoms with Gasteiger partial charge in [-0.05, 0) is 42.5 Å². The smallest absolute Gasteiger partial charge is 0.264 e. The van der Waals surface area contributed by atoms with E-state index in [0.29, 0.717) is 24.0 Å². The molecule has 42 heavy (non-hydrogen) atoms. The van der Waals surface area contributed by atoms with E-state index in [1.807, 2.05) is 26.8 Å². The number of aromatic nitrogens is 4. The molecule has 2 aromatic heterocycles. The molecule has 1 fully saturated rings. The van der Waals surface area contributed by atoms with E-state index in [4.69, 9.17) is 10.5 Å². The van der Waals surface area contributed by atoms with Crippen LogP contribution in [0.25, 0.3) is 22.3 Å². The zero-order chi connectivity index (χ0) is 30.2. The number of nitriles is 1. The van der Waals surface area contributed by atoms with Crippen LogP contribution in [0.2, 0.25) is 0 Å². The number of amides is 1. The third kappa shape index (κ3) is 5.63. The largest absolute Gasteiger partial charge is 0.454 e. The van der Waals surface area contributed by atoms with Gasteiger partial charge in [0.05, 0.1) is 18.0 Å². The molecule has 2 aromatic carbocycles. The van der Waals surface area contributed by atoms with Gasteiger partial charge in [-0.25, -0.2) is 23.4 Å². The number of hydrogen-bond acceptors (Lipinski definition) is 7. The molecular formula is C30H28F3N7O2. The first kappa shape index (κ1) is 28.6. The number of anilines is 1. The van der Waals surface area contributed by atoms with Crippen molar-refractivity contribution in [1.82, 2.24) is 24.6 Å². The van der Waals surface area contributed by atoms with Gasteiger partial charge in [0.1, 0.15) is 41.0 Å². The molecule has 216 valence electrons. The zero-order valence-corrected chi connectivity index (χ0v) is 23.2. The third-order valence-corrected chi connectivity index (χ3v) is 6.85. The van der Waals surface area contributed by atoms with Gasteiger partial charge >= 0.3 is 0 Å². The molecule has 2 N–H and O–H groups in total. The van der Waals surface area contributed by atoms with Crippen LogP contribution in [0.4, 0.5) is 19.0 Å². The predicted octanol–water partition coefficient (Wildman–Crippen LogP) is 5.77. The maximum Gasteiger partial charge on any atom is 0.264 e. The lowest BCUT2D eigenvalue weighted by Gasteiger charge is -2.25. The summed E-state index contributed by atoms with van der Waals surface area (Å²) < 4.78 is 50.0. The van der Waals surface area contributed by atoms with Crippen molar-refractivity contribution >= 4 is 22.8 Å². The fourth-order valence-electron chi connectivity index (χ4n) is 5.01. The molecule has 1 aliphatic heterocycles.